The molecule has 116 valence electrons. The molecular weight excluding hydrogens is 292 g/mol. The summed E-state index contributed by atoms with van der Waals surface area (Å²) in [6, 6.07) is 13.7. The van der Waals surface area contributed by atoms with Gasteiger partial charge >= 0.3 is 0 Å². The molecule has 1 atom stereocenters. The summed E-state index contributed by atoms with van der Waals surface area (Å²) >= 11 is 1.51. The van der Waals surface area contributed by atoms with Gasteiger partial charge in [0.05, 0.1) is 5.25 Å². The van der Waals surface area contributed by atoms with Crippen molar-refractivity contribution in [1.82, 2.24) is 0 Å². The van der Waals surface area contributed by atoms with Crippen LogP contribution in [-0.4, -0.2) is 11.2 Å². The highest BCUT2D eigenvalue weighted by atomic mass is 32.2. The van der Waals surface area contributed by atoms with Crippen LogP contribution < -0.4 is 11.1 Å². The van der Waals surface area contributed by atoms with E-state index in [0.717, 1.165) is 28.1 Å². The highest BCUT2D eigenvalue weighted by Crippen LogP contribution is 2.27. The van der Waals surface area contributed by atoms with Gasteiger partial charge in [0.15, 0.2) is 0 Å². The molecule has 1 unspecified atom stereocenters. The molecule has 3 N–H and O–H groups in total. The van der Waals surface area contributed by atoms with E-state index in [-0.39, 0.29) is 11.2 Å². The minimum Gasteiger partial charge on any atom is -0.399 e. The first kappa shape index (κ1) is 16.4. The van der Waals surface area contributed by atoms with Gasteiger partial charge in [-0.05, 0) is 49.6 Å². The highest BCUT2D eigenvalue weighted by Gasteiger charge is 2.16. The van der Waals surface area contributed by atoms with Crippen LogP contribution in [0, 0.1) is 6.92 Å². The number of amides is 1. The predicted molar refractivity (Wildman–Crippen MR) is 95.4 cm³/mol. The second kappa shape index (κ2) is 7.36. The van der Waals surface area contributed by atoms with Crippen molar-refractivity contribution < 1.29 is 4.79 Å². The van der Waals surface area contributed by atoms with E-state index in [9.17, 15) is 4.79 Å². The van der Waals surface area contributed by atoms with Crippen LogP contribution in [0.25, 0.3) is 0 Å². The first-order valence-electron chi connectivity index (χ1n) is 7.42. The molecule has 2 aromatic rings. The largest absolute Gasteiger partial charge is 0.399 e. The minimum absolute atomic E-state index is 0.0106. The van der Waals surface area contributed by atoms with Crippen molar-refractivity contribution in [2.45, 2.75) is 37.3 Å². The summed E-state index contributed by atoms with van der Waals surface area (Å²) in [7, 11) is 0. The smallest absolute Gasteiger partial charge is 0.237 e. The summed E-state index contributed by atoms with van der Waals surface area (Å²) in [5.74, 6) is 0.0106. The number of nitrogens with two attached hydrogens (primary N) is 1. The number of carbonyl (C=O) groups excluding carboxylic acids is 1. The quantitative estimate of drug-likeness (QED) is 0.640. The molecule has 0 bridgehead atoms. The zero-order valence-corrected chi connectivity index (χ0v) is 14.0. The Morgan fingerprint density at radius 1 is 1.27 bits per heavy atom. The highest BCUT2D eigenvalue weighted by molar-refractivity contribution is 8.00. The van der Waals surface area contributed by atoms with Gasteiger partial charge in [-0.3, -0.25) is 4.79 Å². The van der Waals surface area contributed by atoms with Gasteiger partial charge in [-0.1, -0.05) is 31.2 Å². The van der Waals surface area contributed by atoms with Gasteiger partial charge in [-0.15, -0.1) is 11.8 Å². The number of nitrogen functional groups attached to an aromatic ring is 1. The van der Waals surface area contributed by atoms with Crippen LogP contribution in [-0.2, 0) is 11.2 Å². The fourth-order valence-corrected chi connectivity index (χ4v) is 3.21. The molecule has 4 heteroatoms. The van der Waals surface area contributed by atoms with Gasteiger partial charge in [-0.25, -0.2) is 0 Å². The van der Waals surface area contributed by atoms with Crippen molar-refractivity contribution in [2.75, 3.05) is 11.1 Å². The molecule has 0 spiro atoms. The number of thioether (sulfide) groups is 1. The van der Waals surface area contributed by atoms with Crippen LogP contribution in [0.1, 0.15) is 25.0 Å². The third-order valence-corrected chi connectivity index (χ3v) is 4.62. The van der Waals surface area contributed by atoms with Crippen molar-refractivity contribution in [1.29, 1.82) is 0 Å². The zero-order chi connectivity index (χ0) is 16.1. The Kier molecular flexibility index (Phi) is 5.50. The first-order chi connectivity index (χ1) is 10.5. The van der Waals surface area contributed by atoms with Crippen LogP contribution in [0.15, 0.2) is 47.4 Å². The molecule has 22 heavy (non-hydrogen) atoms. The molecule has 0 heterocycles. The van der Waals surface area contributed by atoms with E-state index in [1.165, 1.54) is 11.8 Å². The van der Waals surface area contributed by atoms with Crippen molar-refractivity contribution in [3.63, 3.8) is 0 Å². The molecule has 0 aromatic heterocycles. The van der Waals surface area contributed by atoms with Crippen molar-refractivity contribution in [3.05, 3.63) is 53.6 Å². The van der Waals surface area contributed by atoms with Crippen molar-refractivity contribution in [3.8, 4) is 0 Å². The fraction of sp³-hybridized carbons (Fsp3) is 0.278. The molecule has 2 aromatic carbocycles. The maximum absolute atomic E-state index is 12.5. The third-order valence-electron chi connectivity index (χ3n) is 3.53. The number of anilines is 2. The summed E-state index contributed by atoms with van der Waals surface area (Å²) in [4.78, 5) is 13.5. The molecular formula is C18H22N2OS. The molecule has 0 fully saturated rings. The van der Waals surface area contributed by atoms with Crippen LogP contribution in [0.3, 0.4) is 0 Å². The van der Waals surface area contributed by atoms with Crippen LogP contribution in [0.5, 0.6) is 0 Å². The Morgan fingerprint density at radius 3 is 2.68 bits per heavy atom. The number of benzene rings is 2. The lowest BCUT2D eigenvalue weighted by atomic mass is 10.1. The van der Waals surface area contributed by atoms with Crippen LogP contribution in [0.2, 0.25) is 0 Å². The Bertz CT molecular complexity index is 670. The van der Waals surface area contributed by atoms with E-state index in [2.05, 4.69) is 18.3 Å². The van der Waals surface area contributed by atoms with Gasteiger partial charge < -0.3 is 11.1 Å². The van der Waals surface area contributed by atoms with Gasteiger partial charge in [0.1, 0.15) is 0 Å². The summed E-state index contributed by atoms with van der Waals surface area (Å²) in [5, 5.41) is 2.88. The number of hydrogen-bond acceptors (Lipinski definition) is 3. The van der Waals surface area contributed by atoms with Crippen molar-refractivity contribution >= 4 is 29.0 Å². The number of aryl methyl sites for hydroxylation is 2. The van der Waals surface area contributed by atoms with E-state index in [1.54, 1.807) is 0 Å². The molecule has 0 aliphatic rings. The Morgan fingerprint density at radius 2 is 2.00 bits per heavy atom. The lowest BCUT2D eigenvalue weighted by molar-refractivity contribution is -0.115. The third kappa shape index (κ3) is 4.04. The monoisotopic (exact) mass is 314 g/mol. The Balaban J connectivity index is 2.09. The topological polar surface area (TPSA) is 55.1 Å². The molecule has 0 saturated carbocycles. The van der Waals surface area contributed by atoms with E-state index in [1.807, 2.05) is 50.2 Å². The second-order valence-corrected chi connectivity index (χ2v) is 6.70. The fourth-order valence-electron chi connectivity index (χ4n) is 2.27. The molecule has 1 amide bonds. The Labute approximate surface area is 136 Å². The van der Waals surface area contributed by atoms with Gasteiger partial charge in [0.25, 0.3) is 0 Å². The number of nitrogens with one attached hydrogen (secondary N) is 1. The van der Waals surface area contributed by atoms with Crippen LogP contribution >= 0.6 is 11.8 Å². The van der Waals surface area contributed by atoms with E-state index < -0.39 is 0 Å². The maximum Gasteiger partial charge on any atom is 0.237 e. The molecule has 0 aliphatic carbocycles. The van der Waals surface area contributed by atoms with Crippen molar-refractivity contribution in [2.24, 2.45) is 0 Å². The molecule has 2 rings (SSSR count). The molecule has 3 nitrogen and oxygen atoms in total. The maximum atomic E-state index is 12.5. The lowest BCUT2D eigenvalue weighted by Crippen LogP contribution is -2.23. The SMILES string of the molecule is CCc1cccc(C)c1NC(=O)C(C)Sc1cccc(N)c1. The standard InChI is InChI=1S/C18H22N2OS/c1-4-14-8-5-7-12(2)17(14)20-18(21)13(3)22-16-10-6-9-15(19)11-16/h5-11,13H,4,19H2,1-3H3,(H,20,21). The molecule has 0 aliphatic heterocycles. The van der Waals surface area contributed by atoms with Crippen LogP contribution in [0.4, 0.5) is 11.4 Å². The summed E-state index contributed by atoms with van der Waals surface area (Å²) in [5.41, 5.74) is 9.68. The summed E-state index contributed by atoms with van der Waals surface area (Å²) in [6.07, 6.45) is 0.897. The molecule has 0 radical (unpaired) electrons. The number of rotatable bonds is 5. The second-order valence-electron chi connectivity index (χ2n) is 5.28. The number of hydrogen-bond donors (Lipinski definition) is 2. The number of carbonyl (C=O) groups is 1. The van der Waals surface area contributed by atoms with E-state index in [0.29, 0.717) is 5.69 Å². The normalized spacial score (nSPS) is 12.0. The molecule has 0 saturated heterocycles. The lowest BCUT2D eigenvalue weighted by Gasteiger charge is -2.16. The van der Waals surface area contributed by atoms with E-state index in [4.69, 9.17) is 5.73 Å². The van der Waals surface area contributed by atoms with Gasteiger partial charge in [0.2, 0.25) is 5.91 Å². The van der Waals surface area contributed by atoms with Gasteiger partial charge in [-0.2, -0.15) is 0 Å². The predicted octanol–water partition coefficient (Wildman–Crippen LogP) is 4.26. The summed E-state index contributed by atoms with van der Waals surface area (Å²) in [6.45, 7) is 6.02. The Hall–Kier alpha value is -1.94. The van der Waals surface area contributed by atoms with E-state index >= 15 is 0 Å². The van der Waals surface area contributed by atoms with Gasteiger partial charge in [0, 0.05) is 16.3 Å². The minimum atomic E-state index is -0.189. The number of para-hydroxylation sites is 1. The zero-order valence-electron chi connectivity index (χ0n) is 13.2. The first-order valence-corrected chi connectivity index (χ1v) is 8.30. The average Bonchev–Trinajstić information content (AvgIpc) is 2.49. The average molecular weight is 314 g/mol. The summed E-state index contributed by atoms with van der Waals surface area (Å²) < 4.78 is 0.